The van der Waals surface area contributed by atoms with Crippen molar-refractivity contribution >= 4 is 23.1 Å². The molecule has 0 bridgehead atoms. The van der Waals surface area contributed by atoms with E-state index < -0.39 is 0 Å². The average molecular weight is 321 g/mol. The number of thioether (sulfide) groups is 1. The fourth-order valence-corrected chi connectivity index (χ4v) is 3.12. The molecule has 0 spiro atoms. The lowest BCUT2D eigenvalue weighted by Crippen LogP contribution is -1.88. The molecule has 0 amide bonds. The van der Waals surface area contributed by atoms with Gasteiger partial charge in [-0.25, -0.2) is 9.37 Å². The van der Waals surface area contributed by atoms with E-state index in [9.17, 15) is 4.39 Å². The van der Waals surface area contributed by atoms with Gasteiger partial charge in [0, 0.05) is 11.1 Å². The topological polar surface area (TPSA) is 51.8 Å². The highest BCUT2D eigenvalue weighted by molar-refractivity contribution is 7.98. The minimum atomic E-state index is -0.238. The van der Waals surface area contributed by atoms with Gasteiger partial charge in [-0.3, -0.25) is 0 Å². The first kappa shape index (κ1) is 14.2. The van der Waals surface area contributed by atoms with Crippen molar-refractivity contribution in [2.24, 2.45) is 0 Å². The van der Waals surface area contributed by atoms with Crippen molar-refractivity contribution in [1.82, 2.24) is 15.2 Å². The van der Waals surface area contributed by atoms with E-state index in [1.807, 2.05) is 18.4 Å². The number of benzene rings is 1. The van der Waals surface area contributed by atoms with Gasteiger partial charge in [-0.05, 0) is 24.6 Å². The summed E-state index contributed by atoms with van der Waals surface area (Å²) in [5.74, 6) is 0.898. The third-order valence-electron chi connectivity index (χ3n) is 2.70. The van der Waals surface area contributed by atoms with Gasteiger partial charge < -0.3 is 4.42 Å². The Morgan fingerprint density at radius 2 is 2.24 bits per heavy atom. The number of rotatable bonds is 5. The van der Waals surface area contributed by atoms with Gasteiger partial charge in [0.1, 0.15) is 5.82 Å². The van der Waals surface area contributed by atoms with Crippen LogP contribution in [0.15, 0.2) is 39.3 Å². The van der Waals surface area contributed by atoms with E-state index in [1.54, 1.807) is 17.4 Å². The minimum absolute atomic E-state index is 0.238. The highest BCUT2D eigenvalue weighted by Gasteiger charge is 2.09. The fraction of sp³-hybridized carbons (Fsp3) is 0.214. The second-order valence-electron chi connectivity index (χ2n) is 4.41. The molecule has 0 aliphatic rings. The van der Waals surface area contributed by atoms with Gasteiger partial charge in [-0.2, -0.15) is 0 Å². The summed E-state index contributed by atoms with van der Waals surface area (Å²) >= 11 is 2.99. The van der Waals surface area contributed by atoms with Crippen molar-refractivity contribution < 1.29 is 8.81 Å². The molecule has 3 rings (SSSR count). The maximum absolute atomic E-state index is 13.1. The van der Waals surface area contributed by atoms with Crippen molar-refractivity contribution in [1.29, 1.82) is 0 Å². The van der Waals surface area contributed by atoms with E-state index in [-0.39, 0.29) is 5.82 Å². The van der Waals surface area contributed by atoms with Crippen LogP contribution in [0.3, 0.4) is 0 Å². The molecule has 4 nitrogen and oxygen atoms in total. The van der Waals surface area contributed by atoms with Crippen LogP contribution in [0.25, 0.3) is 0 Å². The standard InChI is InChI=1S/C14H12FN3OS2/c1-9-16-12(8-20-9)6-13-17-18-14(19-13)21-7-10-3-2-4-11(15)5-10/h2-5,8H,6-7H2,1H3. The Balaban J connectivity index is 1.60. The number of nitrogens with zero attached hydrogens (tertiary/aromatic N) is 3. The molecule has 0 N–H and O–H groups in total. The smallest absolute Gasteiger partial charge is 0.276 e. The lowest BCUT2D eigenvalue weighted by atomic mass is 10.2. The Morgan fingerprint density at radius 3 is 3.00 bits per heavy atom. The minimum Gasteiger partial charge on any atom is -0.416 e. The zero-order chi connectivity index (χ0) is 14.7. The first-order chi connectivity index (χ1) is 10.2. The number of aromatic nitrogens is 3. The van der Waals surface area contributed by atoms with E-state index in [2.05, 4.69) is 15.2 Å². The molecule has 2 aromatic heterocycles. The molecule has 2 heterocycles. The molecule has 0 radical (unpaired) electrons. The molecule has 0 unspecified atom stereocenters. The zero-order valence-electron chi connectivity index (χ0n) is 11.2. The Labute approximate surface area is 129 Å². The van der Waals surface area contributed by atoms with E-state index in [0.717, 1.165) is 16.3 Å². The Morgan fingerprint density at radius 1 is 1.33 bits per heavy atom. The lowest BCUT2D eigenvalue weighted by molar-refractivity contribution is 0.419. The van der Waals surface area contributed by atoms with E-state index >= 15 is 0 Å². The molecule has 0 saturated carbocycles. The van der Waals surface area contributed by atoms with Gasteiger partial charge in [0.25, 0.3) is 5.22 Å². The molecule has 0 atom stereocenters. The normalized spacial score (nSPS) is 11.0. The summed E-state index contributed by atoms with van der Waals surface area (Å²) in [5, 5.41) is 11.5. The van der Waals surface area contributed by atoms with Crippen molar-refractivity contribution in [2.45, 2.75) is 24.3 Å². The molecule has 7 heteroatoms. The number of hydrogen-bond acceptors (Lipinski definition) is 6. The largest absolute Gasteiger partial charge is 0.416 e. The lowest BCUT2D eigenvalue weighted by Gasteiger charge is -1.97. The summed E-state index contributed by atoms with van der Waals surface area (Å²) < 4.78 is 18.6. The SMILES string of the molecule is Cc1nc(Cc2nnc(SCc3cccc(F)c3)o2)cs1. The molecule has 0 aliphatic carbocycles. The Kier molecular flexibility index (Phi) is 4.31. The zero-order valence-corrected chi connectivity index (χ0v) is 12.9. The molecule has 21 heavy (non-hydrogen) atoms. The van der Waals surface area contributed by atoms with E-state index in [1.165, 1.54) is 23.9 Å². The number of halogens is 1. The van der Waals surface area contributed by atoms with Gasteiger partial charge in [-0.15, -0.1) is 21.5 Å². The van der Waals surface area contributed by atoms with Crippen molar-refractivity contribution in [2.75, 3.05) is 0 Å². The predicted octanol–water partition coefficient (Wildman–Crippen LogP) is 3.86. The van der Waals surface area contributed by atoms with E-state index in [0.29, 0.717) is 23.3 Å². The third-order valence-corrected chi connectivity index (χ3v) is 4.41. The number of aryl methyl sites for hydroxylation is 1. The molecule has 1 aromatic carbocycles. The molecular weight excluding hydrogens is 309 g/mol. The van der Waals surface area contributed by atoms with Crippen LogP contribution in [-0.2, 0) is 12.2 Å². The van der Waals surface area contributed by atoms with Crippen molar-refractivity contribution in [3.63, 3.8) is 0 Å². The average Bonchev–Trinajstić information content (AvgIpc) is 3.06. The van der Waals surface area contributed by atoms with Crippen LogP contribution in [0.1, 0.15) is 22.2 Å². The van der Waals surface area contributed by atoms with Crippen molar-refractivity contribution in [3.05, 3.63) is 57.6 Å². The van der Waals surface area contributed by atoms with Crippen LogP contribution < -0.4 is 0 Å². The second kappa shape index (κ2) is 6.36. The number of thiazole rings is 1. The first-order valence-corrected chi connectivity index (χ1v) is 8.16. The van der Waals surface area contributed by atoms with Gasteiger partial charge in [0.15, 0.2) is 0 Å². The highest BCUT2D eigenvalue weighted by Crippen LogP contribution is 2.22. The first-order valence-electron chi connectivity index (χ1n) is 6.29. The summed E-state index contributed by atoms with van der Waals surface area (Å²) in [6.07, 6.45) is 0.540. The van der Waals surface area contributed by atoms with E-state index in [4.69, 9.17) is 4.42 Å². The van der Waals surface area contributed by atoms with Crippen LogP contribution in [0.4, 0.5) is 4.39 Å². The third kappa shape index (κ3) is 3.89. The molecular formula is C14H12FN3OS2. The fourth-order valence-electron chi connectivity index (χ4n) is 1.78. The molecule has 108 valence electrons. The van der Waals surface area contributed by atoms with Gasteiger partial charge in [0.05, 0.1) is 17.1 Å². The summed E-state index contributed by atoms with van der Waals surface area (Å²) in [5.41, 5.74) is 1.82. The molecule has 0 fully saturated rings. The Hall–Kier alpha value is -1.73. The van der Waals surface area contributed by atoms with Crippen LogP contribution >= 0.6 is 23.1 Å². The molecule has 0 saturated heterocycles. The maximum Gasteiger partial charge on any atom is 0.276 e. The van der Waals surface area contributed by atoms with Gasteiger partial charge in [-0.1, -0.05) is 23.9 Å². The van der Waals surface area contributed by atoms with Crippen LogP contribution in [0, 0.1) is 12.7 Å². The monoisotopic (exact) mass is 321 g/mol. The summed E-state index contributed by atoms with van der Waals surface area (Å²) in [6.45, 7) is 1.96. The Bertz CT molecular complexity index is 741. The summed E-state index contributed by atoms with van der Waals surface area (Å²) in [4.78, 5) is 4.36. The van der Waals surface area contributed by atoms with Crippen LogP contribution in [-0.4, -0.2) is 15.2 Å². The van der Waals surface area contributed by atoms with Crippen molar-refractivity contribution in [3.8, 4) is 0 Å². The van der Waals surface area contributed by atoms with Gasteiger partial charge in [0.2, 0.25) is 5.89 Å². The quantitative estimate of drug-likeness (QED) is 0.668. The summed E-state index contributed by atoms with van der Waals surface area (Å²) in [7, 11) is 0. The summed E-state index contributed by atoms with van der Waals surface area (Å²) in [6, 6.07) is 6.48. The molecule has 3 aromatic rings. The maximum atomic E-state index is 13.1. The highest BCUT2D eigenvalue weighted by atomic mass is 32.2. The number of hydrogen-bond donors (Lipinski definition) is 0. The predicted molar refractivity (Wildman–Crippen MR) is 79.9 cm³/mol. The van der Waals surface area contributed by atoms with Crippen LogP contribution in [0.2, 0.25) is 0 Å². The van der Waals surface area contributed by atoms with Crippen LogP contribution in [0.5, 0.6) is 0 Å². The van der Waals surface area contributed by atoms with Gasteiger partial charge >= 0.3 is 0 Å². The second-order valence-corrected chi connectivity index (χ2v) is 6.40. The molecule has 0 aliphatic heterocycles.